The summed E-state index contributed by atoms with van der Waals surface area (Å²) >= 11 is 0. The van der Waals surface area contributed by atoms with Crippen molar-refractivity contribution in [1.29, 1.82) is 5.26 Å². The van der Waals surface area contributed by atoms with Gasteiger partial charge in [0.2, 0.25) is 0 Å². The Balaban J connectivity index is 1.69. The highest BCUT2D eigenvalue weighted by molar-refractivity contribution is 5.09. The lowest BCUT2D eigenvalue weighted by Gasteiger charge is -2.56. The van der Waals surface area contributed by atoms with Gasteiger partial charge in [-0.15, -0.1) is 0 Å². The summed E-state index contributed by atoms with van der Waals surface area (Å²) in [5.41, 5.74) is 0. The van der Waals surface area contributed by atoms with Gasteiger partial charge in [0.1, 0.15) is 6.04 Å². The standard InChI is InChI=1S/C12H19N5/c13-8-10-9-16-5-4-14-2-1-3-15-6-7-17(10)12(16)11(14)15/h10-12H,1-7,9H2/t10-,11-,12+/m1/s1. The Morgan fingerprint density at radius 1 is 0.824 bits per heavy atom. The first-order valence-electron chi connectivity index (χ1n) is 6.76. The summed E-state index contributed by atoms with van der Waals surface area (Å²) in [4.78, 5) is 10.2. The van der Waals surface area contributed by atoms with E-state index in [-0.39, 0.29) is 6.04 Å². The molecule has 0 saturated carbocycles. The van der Waals surface area contributed by atoms with Crippen molar-refractivity contribution in [3.05, 3.63) is 0 Å². The van der Waals surface area contributed by atoms with Gasteiger partial charge in [-0.1, -0.05) is 0 Å². The second-order valence-corrected chi connectivity index (χ2v) is 5.63. The van der Waals surface area contributed by atoms with Crippen LogP contribution in [0, 0.1) is 11.3 Å². The fourth-order valence-electron chi connectivity index (χ4n) is 4.15. The lowest BCUT2D eigenvalue weighted by Crippen LogP contribution is -2.73. The Labute approximate surface area is 102 Å². The lowest BCUT2D eigenvalue weighted by molar-refractivity contribution is -0.138. The molecule has 0 aromatic carbocycles. The second-order valence-electron chi connectivity index (χ2n) is 5.63. The highest BCUT2D eigenvalue weighted by Crippen LogP contribution is 2.34. The van der Waals surface area contributed by atoms with Crippen molar-refractivity contribution >= 4 is 0 Å². The monoisotopic (exact) mass is 233 g/mol. The molecule has 0 aromatic heterocycles. The average Bonchev–Trinajstić information content (AvgIpc) is 2.76. The normalized spacial score (nSPS) is 43.4. The third-order valence-electron chi connectivity index (χ3n) is 4.90. The minimum absolute atomic E-state index is 0.129. The number of rotatable bonds is 0. The van der Waals surface area contributed by atoms with Gasteiger partial charge in [-0.25, -0.2) is 0 Å². The van der Waals surface area contributed by atoms with Crippen LogP contribution in [0.3, 0.4) is 0 Å². The van der Waals surface area contributed by atoms with Crippen LogP contribution < -0.4 is 0 Å². The molecule has 4 rings (SSSR count). The van der Waals surface area contributed by atoms with Gasteiger partial charge in [0, 0.05) is 45.8 Å². The summed E-state index contributed by atoms with van der Waals surface area (Å²) in [5, 5.41) is 9.28. The van der Waals surface area contributed by atoms with Gasteiger partial charge >= 0.3 is 0 Å². The van der Waals surface area contributed by atoms with Crippen LogP contribution in [0.15, 0.2) is 0 Å². The Bertz CT molecular complexity index is 358. The summed E-state index contributed by atoms with van der Waals surface area (Å²) in [7, 11) is 0. The van der Waals surface area contributed by atoms with E-state index in [2.05, 4.69) is 25.7 Å². The molecule has 0 aromatic rings. The zero-order valence-corrected chi connectivity index (χ0v) is 10.1. The highest BCUT2D eigenvalue weighted by atomic mass is 15.6. The third kappa shape index (κ3) is 1.33. The van der Waals surface area contributed by atoms with Gasteiger partial charge in [0.25, 0.3) is 0 Å². The molecular weight excluding hydrogens is 214 g/mol. The van der Waals surface area contributed by atoms with Gasteiger partial charge in [0.05, 0.1) is 18.4 Å². The Morgan fingerprint density at radius 3 is 2.29 bits per heavy atom. The highest BCUT2D eigenvalue weighted by Gasteiger charge is 2.52. The molecule has 4 aliphatic heterocycles. The van der Waals surface area contributed by atoms with Crippen molar-refractivity contribution in [3.63, 3.8) is 0 Å². The summed E-state index contributed by atoms with van der Waals surface area (Å²) in [6, 6.07) is 2.62. The topological polar surface area (TPSA) is 36.8 Å². The summed E-state index contributed by atoms with van der Waals surface area (Å²) < 4.78 is 0. The van der Waals surface area contributed by atoms with Crippen molar-refractivity contribution in [2.45, 2.75) is 24.8 Å². The van der Waals surface area contributed by atoms with E-state index in [4.69, 9.17) is 0 Å². The van der Waals surface area contributed by atoms with Crippen LogP contribution in [0.25, 0.3) is 0 Å². The molecule has 5 heteroatoms. The van der Waals surface area contributed by atoms with Crippen LogP contribution in [-0.4, -0.2) is 83.8 Å². The molecule has 5 nitrogen and oxygen atoms in total. The van der Waals surface area contributed by atoms with E-state index in [9.17, 15) is 5.26 Å². The zero-order chi connectivity index (χ0) is 11.4. The van der Waals surface area contributed by atoms with E-state index in [0.29, 0.717) is 12.3 Å². The van der Waals surface area contributed by atoms with Crippen LogP contribution in [0.5, 0.6) is 0 Å². The first kappa shape index (κ1) is 10.3. The maximum atomic E-state index is 9.28. The van der Waals surface area contributed by atoms with Gasteiger partial charge in [-0.05, 0) is 6.42 Å². The SMILES string of the molecule is N#C[C@@H]1CN2CCN3CCCN4CCN1[C@H]2[C@H]34. The van der Waals surface area contributed by atoms with Crippen molar-refractivity contribution in [2.24, 2.45) is 0 Å². The molecule has 0 unspecified atom stereocenters. The molecule has 4 aliphatic rings. The molecule has 92 valence electrons. The molecule has 0 aliphatic carbocycles. The van der Waals surface area contributed by atoms with Crippen LogP contribution in [0.2, 0.25) is 0 Å². The lowest BCUT2D eigenvalue weighted by atomic mass is 10.1. The first-order chi connectivity index (χ1) is 8.38. The molecular formula is C12H19N5. The number of hydrogen-bond acceptors (Lipinski definition) is 5. The third-order valence-corrected chi connectivity index (χ3v) is 4.90. The largest absolute Gasteiger partial charge is 0.284 e. The maximum Gasteiger partial charge on any atom is 0.112 e. The summed E-state index contributed by atoms with van der Waals surface area (Å²) in [6.07, 6.45) is 2.36. The van der Waals surface area contributed by atoms with Crippen molar-refractivity contribution in [1.82, 2.24) is 19.6 Å². The van der Waals surface area contributed by atoms with Gasteiger partial charge in [0.15, 0.2) is 0 Å². The minimum Gasteiger partial charge on any atom is -0.284 e. The van der Waals surface area contributed by atoms with E-state index >= 15 is 0 Å². The van der Waals surface area contributed by atoms with E-state index in [0.717, 1.165) is 26.2 Å². The van der Waals surface area contributed by atoms with E-state index < -0.39 is 0 Å². The minimum atomic E-state index is 0.129. The zero-order valence-electron chi connectivity index (χ0n) is 10.1. The number of hydrogen-bond donors (Lipinski definition) is 0. The Morgan fingerprint density at radius 2 is 1.53 bits per heavy atom. The van der Waals surface area contributed by atoms with Crippen LogP contribution >= 0.6 is 0 Å². The van der Waals surface area contributed by atoms with Gasteiger partial charge < -0.3 is 0 Å². The Kier molecular flexibility index (Phi) is 2.21. The quantitative estimate of drug-likeness (QED) is 0.546. The fraction of sp³-hybridized carbons (Fsp3) is 0.917. The molecule has 4 heterocycles. The molecule has 0 N–H and O–H groups in total. The predicted molar refractivity (Wildman–Crippen MR) is 63.0 cm³/mol. The molecule has 4 fully saturated rings. The van der Waals surface area contributed by atoms with Gasteiger partial charge in [-0.3, -0.25) is 19.6 Å². The van der Waals surface area contributed by atoms with E-state index in [1.54, 1.807) is 0 Å². The molecule has 3 atom stereocenters. The van der Waals surface area contributed by atoms with Crippen LogP contribution in [0.4, 0.5) is 0 Å². The number of nitrogens with zero attached hydrogens (tertiary/aromatic N) is 5. The van der Waals surface area contributed by atoms with E-state index in [1.165, 1.54) is 26.1 Å². The molecule has 17 heavy (non-hydrogen) atoms. The van der Waals surface area contributed by atoms with Crippen molar-refractivity contribution in [3.8, 4) is 6.07 Å². The molecule has 0 bridgehead atoms. The predicted octanol–water partition coefficient (Wildman–Crippen LogP) is -0.817. The smallest absolute Gasteiger partial charge is 0.112 e. The second kappa shape index (κ2) is 3.66. The van der Waals surface area contributed by atoms with Crippen molar-refractivity contribution < 1.29 is 0 Å². The van der Waals surface area contributed by atoms with Crippen LogP contribution in [-0.2, 0) is 0 Å². The molecule has 0 spiro atoms. The van der Waals surface area contributed by atoms with Gasteiger partial charge in [-0.2, -0.15) is 5.26 Å². The summed E-state index contributed by atoms with van der Waals surface area (Å²) in [5.74, 6) is 0. The molecule has 4 saturated heterocycles. The molecule has 0 amide bonds. The number of piperazine rings is 2. The Hall–Kier alpha value is -0.670. The maximum absolute atomic E-state index is 9.28. The first-order valence-corrected chi connectivity index (χ1v) is 6.76. The summed E-state index contributed by atoms with van der Waals surface area (Å²) in [6.45, 7) is 7.99. The fourth-order valence-corrected chi connectivity index (χ4v) is 4.15. The van der Waals surface area contributed by atoms with Crippen LogP contribution in [0.1, 0.15) is 6.42 Å². The molecule has 0 radical (unpaired) electrons. The van der Waals surface area contributed by atoms with E-state index in [1.807, 2.05) is 0 Å². The average molecular weight is 233 g/mol. The van der Waals surface area contributed by atoms with Crippen molar-refractivity contribution in [2.75, 3.05) is 45.8 Å². The number of nitriles is 1.